The molecule has 1 aliphatic rings. The zero-order valence-electron chi connectivity index (χ0n) is 9.70. The molecule has 0 radical (unpaired) electrons. The maximum Gasteiger partial charge on any atom is 0.254 e. The zero-order chi connectivity index (χ0) is 12.3. The number of nitrogens with zero attached hydrogens (tertiary/aromatic N) is 1. The van der Waals surface area contributed by atoms with Gasteiger partial charge < -0.3 is 10.1 Å². The summed E-state index contributed by atoms with van der Waals surface area (Å²) in [5, 5.41) is 2.78. The summed E-state index contributed by atoms with van der Waals surface area (Å²) in [5.41, 5.74) is 0.854. The highest BCUT2D eigenvalue weighted by atomic mass is 79.9. The van der Waals surface area contributed by atoms with Gasteiger partial charge in [-0.1, -0.05) is 0 Å². The summed E-state index contributed by atoms with van der Waals surface area (Å²) in [5.74, 6) is 0.476. The Kier molecular flexibility index (Phi) is 4.12. The maximum absolute atomic E-state index is 11.9. The fourth-order valence-corrected chi connectivity index (χ4v) is 1.99. The third-order valence-electron chi connectivity index (χ3n) is 2.74. The van der Waals surface area contributed by atoms with Crippen LogP contribution in [0.25, 0.3) is 0 Å². The Morgan fingerprint density at radius 1 is 1.53 bits per heavy atom. The first-order valence-electron chi connectivity index (χ1n) is 5.72. The van der Waals surface area contributed by atoms with Crippen LogP contribution < -0.4 is 5.32 Å². The van der Waals surface area contributed by atoms with E-state index in [0.29, 0.717) is 12.4 Å². The van der Waals surface area contributed by atoms with E-state index in [2.05, 4.69) is 26.2 Å². The van der Waals surface area contributed by atoms with Crippen molar-refractivity contribution in [2.24, 2.45) is 0 Å². The van der Waals surface area contributed by atoms with E-state index < -0.39 is 0 Å². The maximum atomic E-state index is 11.9. The van der Waals surface area contributed by atoms with Crippen molar-refractivity contribution in [1.29, 1.82) is 0 Å². The number of amides is 1. The summed E-state index contributed by atoms with van der Waals surface area (Å²) < 4.78 is 6.35. The molecule has 1 atom stereocenters. The Hall–Kier alpha value is -0.940. The van der Waals surface area contributed by atoms with Gasteiger partial charge in [0.25, 0.3) is 5.91 Å². The minimum absolute atomic E-state index is 0.0982. The smallest absolute Gasteiger partial charge is 0.254 e. The van der Waals surface area contributed by atoms with Crippen molar-refractivity contribution in [3.8, 4) is 0 Å². The lowest BCUT2D eigenvalue weighted by molar-refractivity contribution is -0.130. The van der Waals surface area contributed by atoms with Crippen molar-refractivity contribution in [3.05, 3.63) is 22.3 Å². The average Bonchev–Trinajstić information content (AvgIpc) is 2.35. The Morgan fingerprint density at radius 2 is 2.35 bits per heavy atom. The van der Waals surface area contributed by atoms with Crippen molar-refractivity contribution in [1.82, 2.24) is 4.98 Å². The third kappa shape index (κ3) is 3.26. The lowest BCUT2D eigenvalue weighted by Gasteiger charge is -2.21. The highest BCUT2D eigenvalue weighted by molar-refractivity contribution is 9.10. The first kappa shape index (κ1) is 12.5. The van der Waals surface area contributed by atoms with Crippen LogP contribution in [-0.2, 0) is 9.53 Å². The van der Waals surface area contributed by atoms with Gasteiger partial charge in [-0.25, -0.2) is 4.98 Å². The topological polar surface area (TPSA) is 51.2 Å². The second-order valence-electron chi connectivity index (χ2n) is 4.11. The van der Waals surface area contributed by atoms with E-state index in [1.54, 1.807) is 6.07 Å². The van der Waals surface area contributed by atoms with Crippen LogP contribution in [0.5, 0.6) is 0 Å². The molecule has 92 valence electrons. The normalized spacial score (nSPS) is 20.0. The van der Waals surface area contributed by atoms with Gasteiger partial charge in [0.1, 0.15) is 11.9 Å². The summed E-state index contributed by atoms with van der Waals surface area (Å²) in [6.45, 7) is 2.56. The molecule has 2 heterocycles. The molecule has 2 rings (SSSR count). The van der Waals surface area contributed by atoms with E-state index in [-0.39, 0.29) is 12.0 Å². The lowest BCUT2D eigenvalue weighted by atomic mass is 10.1. The second kappa shape index (κ2) is 5.60. The van der Waals surface area contributed by atoms with Gasteiger partial charge in [-0.3, -0.25) is 4.79 Å². The molecule has 1 unspecified atom stereocenters. The number of halogens is 1. The van der Waals surface area contributed by atoms with Crippen LogP contribution >= 0.6 is 15.9 Å². The minimum atomic E-state index is -0.325. The Bertz CT molecular complexity index is 417. The number of aromatic nitrogens is 1. The van der Waals surface area contributed by atoms with Gasteiger partial charge in [-0.05, 0) is 54.2 Å². The van der Waals surface area contributed by atoms with Crippen LogP contribution in [-0.4, -0.2) is 23.6 Å². The quantitative estimate of drug-likeness (QED) is 0.913. The number of anilines is 1. The van der Waals surface area contributed by atoms with Gasteiger partial charge in [0.05, 0.1) is 5.69 Å². The Labute approximate surface area is 109 Å². The molecule has 0 spiro atoms. The number of ether oxygens (including phenoxy) is 1. The number of rotatable bonds is 2. The standard InChI is InChI=1S/C12H15BrN2O2/c1-8-9(13)5-6-11(14-8)15-12(16)10-4-2-3-7-17-10/h5-6,10H,2-4,7H2,1H3,(H,14,15,16). The van der Waals surface area contributed by atoms with Gasteiger partial charge in [0, 0.05) is 11.1 Å². The fourth-order valence-electron chi connectivity index (χ4n) is 1.77. The van der Waals surface area contributed by atoms with Crippen molar-refractivity contribution in [2.45, 2.75) is 32.3 Å². The summed E-state index contributed by atoms with van der Waals surface area (Å²) in [7, 11) is 0. The molecule has 0 aromatic carbocycles. The molecule has 1 aromatic heterocycles. The van der Waals surface area contributed by atoms with E-state index in [1.807, 2.05) is 13.0 Å². The van der Waals surface area contributed by atoms with Crippen LogP contribution in [0.3, 0.4) is 0 Å². The molecule has 1 N–H and O–H groups in total. The minimum Gasteiger partial charge on any atom is -0.368 e. The monoisotopic (exact) mass is 298 g/mol. The molecular weight excluding hydrogens is 284 g/mol. The number of carbonyl (C=O) groups excluding carboxylic acids is 1. The van der Waals surface area contributed by atoms with Gasteiger partial charge in [0.2, 0.25) is 0 Å². The molecular formula is C12H15BrN2O2. The molecule has 1 aliphatic heterocycles. The van der Waals surface area contributed by atoms with Crippen LogP contribution in [0.2, 0.25) is 0 Å². The van der Waals surface area contributed by atoms with Crippen molar-refractivity contribution in [2.75, 3.05) is 11.9 Å². The molecule has 0 saturated carbocycles. The number of pyridine rings is 1. The van der Waals surface area contributed by atoms with E-state index in [0.717, 1.165) is 29.4 Å². The molecule has 1 aromatic rings. The van der Waals surface area contributed by atoms with Crippen LogP contribution in [0, 0.1) is 6.92 Å². The molecule has 0 bridgehead atoms. The van der Waals surface area contributed by atoms with Crippen molar-refractivity contribution < 1.29 is 9.53 Å². The molecule has 1 saturated heterocycles. The Morgan fingerprint density at radius 3 is 3.00 bits per heavy atom. The summed E-state index contributed by atoms with van der Waals surface area (Å²) in [4.78, 5) is 16.1. The number of carbonyl (C=O) groups is 1. The molecule has 4 nitrogen and oxygen atoms in total. The van der Waals surface area contributed by atoms with E-state index >= 15 is 0 Å². The lowest BCUT2D eigenvalue weighted by Crippen LogP contribution is -2.33. The van der Waals surface area contributed by atoms with E-state index in [4.69, 9.17) is 4.74 Å². The number of nitrogens with one attached hydrogen (secondary N) is 1. The zero-order valence-corrected chi connectivity index (χ0v) is 11.3. The van der Waals surface area contributed by atoms with E-state index in [9.17, 15) is 4.79 Å². The largest absolute Gasteiger partial charge is 0.368 e. The first-order chi connectivity index (χ1) is 8.16. The SMILES string of the molecule is Cc1nc(NC(=O)C2CCCCO2)ccc1Br. The van der Waals surface area contributed by atoms with E-state index in [1.165, 1.54) is 0 Å². The molecule has 1 fully saturated rings. The van der Waals surface area contributed by atoms with Gasteiger partial charge in [0.15, 0.2) is 0 Å². The predicted molar refractivity (Wildman–Crippen MR) is 68.9 cm³/mol. The number of hydrogen-bond acceptors (Lipinski definition) is 3. The van der Waals surface area contributed by atoms with Crippen molar-refractivity contribution in [3.63, 3.8) is 0 Å². The summed E-state index contributed by atoms with van der Waals surface area (Å²) >= 11 is 3.37. The van der Waals surface area contributed by atoms with Crippen LogP contribution in [0.1, 0.15) is 25.0 Å². The average molecular weight is 299 g/mol. The molecule has 0 aliphatic carbocycles. The summed E-state index contributed by atoms with van der Waals surface area (Å²) in [6, 6.07) is 3.65. The van der Waals surface area contributed by atoms with Crippen molar-refractivity contribution >= 4 is 27.7 Å². The number of aryl methyl sites for hydroxylation is 1. The second-order valence-corrected chi connectivity index (χ2v) is 4.96. The van der Waals surface area contributed by atoms with Crippen LogP contribution in [0.15, 0.2) is 16.6 Å². The molecule has 1 amide bonds. The predicted octanol–water partition coefficient (Wildman–Crippen LogP) is 2.66. The van der Waals surface area contributed by atoms with Gasteiger partial charge in [-0.15, -0.1) is 0 Å². The highest BCUT2D eigenvalue weighted by Gasteiger charge is 2.22. The van der Waals surface area contributed by atoms with Gasteiger partial charge in [-0.2, -0.15) is 0 Å². The third-order valence-corrected chi connectivity index (χ3v) is 3.58. The number of hydrogen-bond donors (Lipinski definition) is 1. The molecule has 17 heavy (non-hydrogen) atoms. The molecule has 5 heteroatoms. The highest BCUT2D eigenvalue weighted by Crippen LogP contribution is 2.18. The first-order valence-corrected chi connectivity index (χ1v) is 6.52. The van der Waals surface area contributed by atoms with Crippen LogP contribution in [0.4, 0.5) is 5.82 Å². The van der Waals surface area contributed by atoms with Gasteiger partial charge >= 0.3 is 0 Å². The fraction of sp³-hybridized carbons (Fsp3) is 0.500. The summed E-state index contributed by atoms with van der Waals surface area (Å²) in [6.07, 6.45) is 2.56. The Balaban J connectivity index is 1.99.